The van der Waals surface area contributed by atoms with Gasteiger partial charge in [0.05, 0.1) is 24.2 Å². The van der Waals surface area contributed by atoms with Crippen LogP contribution in [0, 0.1) is 0 Å². The summed E-state index contributed by atoms with van der Waals surface area (Å²) in [5, 5.41) is 2.96. The zero-order chi connectivity index (χ0) is 24.9. The molecule has 1 aromatic heterocycles. The Kier molecular flexibility index (Phi) is 7.44. The number of methoxy groups -OCH3 is 1. The van der Waals surface area contributed by atoms with E-state index in [0.29, 0.717) is 6.54 Å². The lowest BCUT2D eigenvalue weighted by molar-refractivity contribution is -0.120. The molecule has 1 unspecified atom stereocenters. The van der Waals surface area contributed by atoms with Gasteiger partial charge in [0.2, 0.25) is 5.91 Å². The minimum atomic E-state index is -0.338. The molecular weight excluding hydrogens is 440 g/mol. The Morgan fingerprint density at radius 2 is 1.74 bits per heavy atom. The Morgan fingerprint density at radius 1 is 1.03 bits per heavy atom. The first-order chi connectivity index (χ1) is 17.0. The number of carbonyl (C=O) groups excluding carboxylic acids is 2. The van der Waals surface area contributed by atoms with Crippen LogP contribution in [0.1, 0.15) is 50.9 Å². The molecule has 3 amide bonds. The normalized spacial score (nSPS) is 14.3. The molecule has 0 saturated carbocycles. The number of aromatic nitrogens is 1. The second-order valence-electron chi connectivity index (χ2n) is 9.04. The molecule has 2 heterocycles. The molecule has 0 aliphatic carbocycles. The average Bonchev–Trinajstić information content (AvgIpc) is 3.36. The van der Waals surface area contributed by atoms with Crippen molar-refractivity contribution in [3.05, 3.63) is 78.1 Å². The summed E-state index contributed by atoms with van der Waals surface area (Å²) in [6.45, 7) is 6.53. The highest BCUT2D eigenvalue weighted by atomic mass is 16.5. The van der Waals surface area contributed by atoms with E-state index < -0.39 is 0 Å². The van der Waals surface area contributed by atoms with Gasteiger partial charge in [-0.15, -0.1) is 0 Å². The smallest absolute Gasteiger partial charge is 0.318 e. The van der Waals surface area contributed by atoms with Gasteiger partial charge in [-0.1, -0.05) is 37.6 Å². The number of para-hydroxylation sites is 2. The Balaban J connectivity index is 1.73. The highest BCUT2D eigenvalue weighted by Gasteiger charge is 2.37. The van der Waals surface area contributed by atoms with Gasteiger partial charge in [-0.2, -0.15) is 0 Å². The second-order valence-corrected chi connectivity index (χ2v) is 9.04. The number of rotatable bonds is 8. The van der Waals surface area contributed by atoms with E-state index in [9.17, 15) is 9.59 Å². The van der Waals surface area contributed by atoms with Crippen LogP contribution in [0.3, 0.4) is 0 Å². The molecule has 184 valence electrons. The monoisotopic (exact) mass is 474 g/mol. The molecule has 2 aromatic carbocycles. The predicted octanol–water partition coefficient (Wildman–Crippen LogP) is 5.14. The first-order valence-corrected chi connectivity index (χ1v) is 12.2. The molecule has 0 radical (unpaired) electrons. The first-order valence-electron chi connectivity index (χ1n) is 12.2. The van der Waals surface area contributed by atoms with Gasteiger partial charge in [0.25, 0.3) is 0 Å². The molecule has 0 bridgehead atoms. The van der Waals surface area contributed by atoms with E-state index in [0.717, 1.165) is 41.2 Å². The molecule has 35 heavy (non-hydrogen) atoms. The number of unbranched alkanes of at least 4 members (excludes halogenated alkanes) is 1. The largest absolute Gasteiger partial charge is 0.497 e. The number of ether oxygens (including phenoxy) is 1. The van der Waals surface area contributed by atoms with Gasteiger partial charge in [-0.05, 0) is 62.2 Å². The molecule has 0 saturated heterocycles. The molecule has 1 N–H and O–H groups in total. The third kappa shape index (κ3) is 4.90. The second kappa shape index (κ2) is 10.7. The zero-order valence-corrected chi connectivity index (χ0v) is 20.9. The van der Waals surface area contributed by atoms with Gasteiger partial charge in [0.1, 0.15) is 18.3 Å². The van der Waals surface area contributed by atoms with E-state index in [2.05, 4.69) is 16.8 Å². The van der Waals surface area contributed by atoms with E-state index in [1.165, 1.54) is 0 Å². The maximum atomic E-state index is 14.0. The maximum Gasteiger partial charge on any atom is 0.318 e. The van der Waals surface area contributed by atoms with Gasteiger partial charge < -0.3 is 19.5 Å². The Labute approximate surface area is 207 Å². The van der Waals surface area contributed by atoms with E-state index in [4.69, 9.17) is 4.74 Å². The lowest BCUT2D eigenvalue weighted by Gasteiger charge is -2.40. The molecule has 1 aliphatic rings. The average molecular weight is 475 g/mol. The summed E-state index contributed by atoms with van der Waals surface area (Å²) in [7, 11) is 1.64. The van der Waals surface area contributed by atoms with Crippen LogP contribution in [-0.4, -0.2) is 47.6 Å². The highest BCUT2D eigenvalue weighted by molar-refractivity contribution is 6.00. The molecule has 1 aliphatic heterocycles. The third-order valence-corrected chi connectivity index (χ3v) is 6.42. The molecule has 4 rings (SSSR count). The van der Waals surface area contributed by atoms with Crippen LogP contribution in [0.5, 0.6) is 5.75 Å². The number of amides is 3. The van der Waals surface area contributed by atoms with Crippen LogP contribution in [0.25, 0.3) is 5.69 Å². The summed E-state index contributed by atoms with van der Waals surface area (Å²) in [6.07, 6.45) is 3.92. The quantitative estimate of drug-likeness (QED) is 0.460. The number of fused-ring (bicyclic) bond motifs is 3. The van der Waals surface area contributed by atoms with Crippen LogP contribution in [0.15, 0.2) is 66.9 Å². The standard InChI is InChI=1S/C28H34N4O3/c1-5-6-17-29-28(34)31(20(2)3)19-26(33)32-24-11-8-7-10-23(24)30-18-9-12-25(30)27(32)21-13-15-22(35-4)16-14-21/h7-16,18,20,27H,5-6,17,19H2,1-4H3,(H,29,34). The number of nitrogens with zero attached hydrogens (tertiary/aromatic N) is 3. The Morgan fingerprint density at radius 3 is 2.40 bits per heavy atom. The van der Waals surface area contributed by atoms with E-state index in [-0.39, 0.29) is 30.6 Å². The van der Waals surface area contributed by atoms with Crippen LogP contribution in [-0.2, 0) is 4.79 Å². The van der Waals surface area contributed by atoms with Crippen molar-refractivity contribution in [2.75, 3.05) is 25.1 Å². The van der Waals surface area contributed by atoms with E-state index in [1.54, 1.807) is 12.0 Å². The zero-order valence-electron chi connectivity index (χ0n) is 20.9. The van der Waals surface area contributed by atoms with Crippen molar-refractivity contribution in [1.29, 1.82) is 0 Å². The van der Waals surface area contributed by atoms with Crippen LogP contribution in [0.2, 0.25) is 0 Å². The summed E-state index contributed by atoms with van der Waals surface area (Å²) in [6, 6.07) is 19.1. The van der Waals surface area contributed by atoms with Gasteiger partial charge in [0.15, 0.2) is 0 Å². The number of benzene rings is 2. The molecule has 0 spiro atoms. The lowest BCUT2D eigenvalue weighted by Crippen LogP contribution is -2.51. The van der Waals surface area contributed by atoms with Crippen LogP contribution in [0.4, 0.5) is 10.5 Å². The van der Waals surface area contributed by atoms with Gasteiger partial charge in [-0.3, -0.25) is 9.69 Å². The molecule has 3 aromatic rings. The Bertz CT molecular complexity index is 1170. The van der Waals surface area contributed by atoms with Crippen LogP contribution < -0.4 is 15.0 Å². The summed E-state index contributed by atoms with van der Waals surface area (Å²) >= 11 is 0. The SMILES string of the molecule is CCCCNC(=O)N(CC(=O)N1c2ccccc2-n2cccc2C1c1ccc(OC)cc1)C(C)C. The maximum absolute atomic E-state index is 14.0. The minimum absolute atomic E-state index is 0.0165. The van der Waals surface area contributed by atoms with Crippen molar-refractivity contribution in [2.24, 2.45) is 0 Å². The number of nitrogens with one attached hydrogen (secondary N) is 1. The number of hydrogen-bond donors (Lipinski definition) is 1. The molecule has 7 heteroatoms. The number of urea groups is 1. The van der Waals surface area contributed by atoms with Crippen molar-refractivity contribution in [1.82, 2.24) is 14.8 Å². The van der Waals surface area contributed by atoms with Gasteiger partial charge >= 0.3 is 6.03 Å². The van der Waals surface area contributed by atoms with Crippen molar-refractivity contribution in [3.8, 4) is 11.4 Å². The fourth-order valence-corrected chi connectivity index (χ4v) is 4.55. The van der Waals surface area contributed by atoms with Gasteiger partial charge in [-0.25, -0.2) is 4.79 Å². The topological polar surface area (TPSA) is 66.8 Å². The van der Waals surface area contributed by atoms with E-state index in [1.807, 2.05) is 85.6 Å². The van der Waals surface area contributed by atoms with Crippen molar-refractivity contribution < 1.29 is 14.3 Å². The summed E-state index contributed by atoms with van der Waals surface area (Å²) in [5.74, 6) is 0.623. The van der Waals surface area contributed by atoms with Gasteiger partial charge in [0, 0.05) is 18.8 Å². The van der Waals surface area contributed by atoms with Crippen molar-refractivity contribution in [2.45, 2.75) is 45.7 Å². The molecule has 7 nitrogen and oxygen atoms in total. The molecular formula is C28H34N4O3. The first kappa shape index (κ1) is 24.4. The molecule has 0 fully saturated rings. The number of hydrogen-bond acceptors (Lipinski definition) is 3. The van der Waals surface area contributed by atoms with Crippen molar-refractivity contribution >= 4 is 17.6 Å². The highest BCUT2D eigenvalue weighted by Crippen LogP contribution is 2.42. The Hall–Kier alpha value is -3.74. The number of anilines is 1. The van der Waals surface area contributed by atoms with Crippen molar-refractivity contribution in [3.63, 3.8) is 0 Å². The summed E-state index contributed by atoms with van der Waals surface area (Å²) in [4.78, 5) is 30.4. The minimum Gasteiger partial charge on any atom is -0.497 e. The molecule has 1 atom stereocenters. The lowest BCUT2D eigenvalue weighted by atomic mass is 9.97. The fraction of sp³-hybridized carbons (Fsp3) is 0.357. The van der Waals surface area contributed by atoms with E-state index >= 15 is 0 Å². The third-order valence-electron chi connectivity index (χ3n) is 6.42. The number of carbonyl (C=O) groups is 2. The summed E-state index contributed by atoms with van der Waals surface area (Å²) in [5.41, 5.74) is 3.72. The predicted molar refractivity (Wildman–Crippen MR) is 138 cm³/mol. The van der Waals surface area contributed by atoms with Crippen LogP contribution >= 0.6 is 0 Å². The fourth-order valence-electron chi connectivity index (χ4n) is 4.55. The summed E-state index contributed by atoms with van der Waals surface area (Å²) < 4.78 is 7.48.